The second kappa shape index (κ2) is 10.6. The lowest BCUT2D eigenvalue weighted by atomic mass is 9.73. The molecule has 1 aliphatic heterocycles. The molecule has 3 rings (SSSR count). The average Bonchev–Trinajstić information content (AvgIpc) is 3.27. The molecule has 1 saturated carbocycles. The maximum absolute atomic E-state index is 5.51. The molecule has 0 bridgehead atoms. The summed E-state index contributed by atoms with van der Waals surface area (Å²) in [6.45, 7) is 10.1. The zero-order valence-corrected chi connectivity index (χ0v) is 19.2. The zero-order valence-electron chi connectivity index (χ0n) is 16.9. The number of hydrogen-bond acceptors (Lipinski definition) is 5. The van der Waals surface area contributed by atoms with E-state index in [9.17, 15) is 0 Å². The molecule has 2 fully saturated rings. The predicted octanol–water partition coefficient (Wildman–Crippen LogP) is 3.91. The summed E-state index contributed by atoms with van der Waals surface area (Å²) in [5.41, 5.74) is 0.513. The average molecular weight is 491 g/mol. The summed E-state index contributed by atoms with van der Waals surface area (Å²) in [5.74, 6) is 2.09. The Morgan fingerprint density at radius 1 is 1.30 bits per heavy atom. The second-order valence-corrected chi connectivity index (χ2v) is 7.55. The lowest BCUT2D eigenvalue weighted by Gasteiger charge is -2.33. The van der Waals surface area contributed by atoms with Crippen molar-refractivity contribution >= 4 is 29.9 Å². The van der Waals surface area contributed by atoms with Gasteiger partial charge in [-0.3, -0.25) is 0 Å². The van der Waals surface area contributed by atoms with E-state index in [0.29, 0.717) is 30.3 Å². The minimum Gasteiger partial charge on any atom is -0.371 e. The summed E-state index contributed by atoms with van der Waals surface area (Å²) in [4.78, 5) is 11.6. The van der Waals surface area contributed by atoms with Gasteiger partial charge in [-0.05, 0) is 45.4 Å². The van der Waals surface area contributed by atoms with Crippen molar-refractivity contribution in [1.29, 1.82) is 0 Å². The van der Waals surface area contributed by atoms with Gasteiger partial charge in [0.25, 0.3) is 0 Å². The molecule has 1 N–H and O–H groups in total. The highest BCUT2D eigenvalue weighted by Gasteiger charge is 2.39. The molecule has 1 atom stereocenters. The third-order valence-electron chi connectivity index (χ3n) is 5.62. The number of aliphatic imine (C=N–C) groups is 1. The number of hydrogen-bond donors (Lipinski definition) is 1. The predicted molar refractivity (Wildman–Crippen MR) is 116 cm³/mol. The van der Waals surface area contributed by atoms with Crippen LogP contribution in [0.15, 0.2) is 9.52 Å². The maximum Gasteiger partial charge on any atom is 0.248 e. The molecule has 27 heavy (non-hydrogen) atoms. The van der Waals surface area contributed by atoms with Gasteiger partial charge in [0.1, 0.15) is 12.6 Å². The van der Waals surface area contributed by atoms with Gasteiger partial charge >= 0.3 is 0 Å². The Labute approximate surface area is 179 Å². The minimum absolute atomic E-state index is 0. The highest BCUT2D eigenvalue weighted by molar-refractivity contribution is 14.0. The molecule has 154 valence electrons. The molecule has 1 aromatic rings. The summed E-state index contributed by atoms with van der Waals surface area (Å²) in [5, 5.41) is 7.44. The molecule has 1 saturated heterocycles. The molecule has 0 aromatic carbocycles. The fourth-order valence-corrected chi connectivity index (χ4v) is 4.22. The van der Waals surface area contributed by atoms with Crippen LogP contribution in [0.5, 0.6) is 0 Å². The van der Waals surface area contributed by atoms with Gasteiger partial charge in [-0.1, -0.05) is 24.4 Å². The van der Waals surface area contributed by atoms with E-state index >= 15 is 0 Å². The number of ether oxygens (including phenoxy) is 1. The fourth-order valence-electron chi connectivity index (χ4n) is 4.22. The number of likely N-dealkylation sites (tertiary alicyclic amines) is 1. The molecule has 2 heterocycles. The Morgan fingerprint density at radius 2 is 2.07 bits per heavy atom. The van der Waals surface area contributed by atoms with Crippen molar-refractivity contribution in [3.8, 4) is 0 Å². The van der Waals surface area contributed by atoms with Gasteiger partial charge in [0.2, 0.25) is 5.89 Å². The van der Waals surface area contributed by atoms with Gasteiger partial charge in [-0.25, -0.2) is 4.99 Å². The molecule has 7 nitrogen and oxygen atoms in total. The molecule has 1 aliphatic carbocycles. The topological polar surface area (TPSA) is 75.8 Å². The summed E-state index contributed by atoms with van der Waals surface area (Å²) in [7, 11) is 0. The Hall–Kier alpha value is -0.900. The normalized spacial score (nSPS) is 20.6. The first-order valence-electron chi connectivity index (χ1n) is 10.1. The summed E-state index contributed by atoms with van der Waals surface area (Å²) >= 11 is 0. The number of nitrogens with one attached hydrogen (secondary N) is 1. The van der Waals surface area contributed by atoms with Crippen molar-refractivity contribution in [3.63, 3.8) is 0 Å². The first-order chi connectivity index (χ1) is 12.7. The highest BCUT2D eigenvalue weighted by Crippen LogP contribution is 2.43. The molecular weight excluding hydrogens is 457 g/mol. The van der Waals surface area contributed by atoms with E-state index in [1.165, 1.54) is 38.5 Å². The molecule has 0 amide bonds. The van der Waals surface area contributed by atoms with Gasteiger partial charge < -0.3 is 19.5 Å². The van der Waals surface area contributed by atoms with Crippen LogP contribution in [0.3, 0.4) is 0 Å². The molecule has 1 aromatic heterocycles. The lowest BCUT2D eigenvalue weighted by Crippen LogP contribution is -2.41. The Bertz CT molecular complexity index is 601. The Balaban J connectivity index is 0.00000261. The number of guanidine groups is 1. The molecule has 1 spiro atoms. The molecule has 0 radical (unpaired) electrons. The van der Waals surface area contributed by atoms with Crippen molar-refractivity contribution in [2.75, 3.05) is 26.2 Å². The third-order valence-corrected chi connectivity index (χ3v) is 5.62. The first-order valence-corrected chi connectivity index (χ1v) is 10.1. The molecule has 2 aliphatic rings. The van der Waals surface area contributed by atoms with Gasteiger partial charge in [0.15, 0.2) is 11.8 Å². The van der Waals surface area contributed by atoms with Crippen LogP contribution < -0.4 is 5.32 Å². The van der Waals surface area contributed by atoms with E-state index in [0.717, 1.165) is 25.6 Å². The van der Waals surface area contributed by atoms with Crippen LogP contribution in [-0.4, -0.2) is 47.2 Å². The van der Waals surface area contributed by atoms with E-state index in [4.69, 9.17) is 14.3 Å². The van der Waals surface area contributed by atoms with E-state index in [1.54, 1.807) is 0 Å². The standard InChI is InChI=1S/C19H33N5O2.HI/c1-4-20-18(24-12-11-19(14-24)9-7-6-8-10-19)21-13-16-22-17(23-26-16)15(3)25-5-2;/h15H,4-14H2,1-3H3,(H,20,21);1H. The van der Waals surface area contributed by atoms with Crippen LogP contribution in [0.4, 0.5) is 0 Å². The van der Waals surface area contributed by atoms with Gasteiger partial charge in [0, 0.05) is 26.2 Å². The second-order valence-electron chi connectivity index (χ2n) is 7.55. The van der Waals surface area contributed by atoms with Crippen molar-refractivity contribution in [2.45, 2.75) is 71.9 Å². The van der Waals surface area contributed by atoms with E-state index in [-0.39, 0.29) is 30.1 Å². The Kier molecular flexibility index (Phi) is 8.78. The summed E-state index contributed by atoms with van der Waals surface area (Å²) < 4.78 is 10.8. The smallest absolute Gasteiger partial charge is 0.248 e. The van der Waals surface area contributed by atoms with Crippen molar-refractivity contribution in [2.24, 2.45) is 10.4 Å². The van der Waals surface area contributed by atoms with Crippen LogP contribution in [0, 0.1) is 5.41 Å². The van der Waals surface area contributed by atoms with Gasteiger partial charge in [-0.2, -0.15) is 4.98 Å². The minimum atomic E-state index is -0.153. The van der Waals surface area contributed by atoms with Crippen molar-refractivity contribution in [1.82, 2.24) is 20.4 Å². The van der Waals surface area contributed by atoms with E-state index in [1.807, 2.05) is 13.8 Å². The van der Waals surface area contributed by atoms with Crippen LogP contribution in [-0.2, 0) is 11.3 Å². The summed E-state index contributed by atoms with van der Waals surface area (Å²) in [6.07, 6.45) is 8.02. The number of nitrogens with zero attached hydrogens (tertiary/aromatic N) is 4. The highest BCUT2D eigenvalue weighted by atomic mass is 127. The first kappa shape index (κ1) is 22.4. The maximum atomic E-state index is 5.51. The van der Waals surface area contributed by atoms with Crippen LogP contribution in [0.1, 0.15) is 77.1 Å². The fraction of sp³-hybridized carbons (Fsp3) is 0.842. The van der Waals surface area contributed by atoms with E-state index < -0.39 is 0 Å². The van der Waals surface area contributed by atoms with Crippen LogP contribution in [0.2, 0.25) is 0 Å². The largest absolute Gasteiger partial charge is 0.371 e. The number of rotatable bonds is 6. The third kappa shape index (κ3) is 5.79. The van der Waals surface area contributed by atoms with E-state index in [2.05, 4.69) is 27.3 Å². The zero-order chi connectivity index (χ0) is 18.4. The molecular formula is C19H34IN5O2. The monoisotopic (exact) mass is 491 g/mol. The Morgan fingerprint density at radius 3 is 2.78 bits per heavy atom. The SMILES string of the molecule is CCNC(=NCc1nc(C(C)OCC)no1)N1CCC2(CCCCC2)C1.I. The van der Waals surface area contributed by atoms with Crippen molar-refractivity contribution < 1.29 is 9.26 Å². The molecule has 8 heteroatoms. The number of halogens is 1. The lowest BCUT2D eigenvalue weighted by molar-refractivity contribution is 0.0683. The quantitative estimate of drug-likeness (QED) is 0.370. The number of aromatic nitrogens is 2. The summed E-state index contributed by atoms with van der Waals surface area (Å²) in [6, 6.07) is 0. The molecule has 1 unspecified atom stereocenters. The van der Waals surface area contributed by atoms with Gasteiger partial charge in [0.05, 0.1) is 0 Å². The van der Waals surface area contributed by atoms with Crippen molar-refractivity contribution in [3.05, 3.63) is 11.7 Å². The van der Waals surface area contributed by atoms with Crippen LogP contribution >= 0.6 is 24.0 Å². The van der Waals surface area contributed by atoms with Crippen LogP contribution in [0.25, 0.3) is 0 Å². The van der Waals surface area contributed by atoms with Gasteiger partial charge in [-0.15, -0.1) is 24.0 Å².